The maximum absolute atomic E-state index is 13.2. The van der Waals surface area contributed by atoms with Crippen molar-refractivity contribution >= 4 is 37.9 Å². The van der Waals surface area contributed by atoms with Crippen LogP contribution in [-0.4, -0.2) is 61.8 Å². The molecule has 0 saturated carbocycles. The third-order valence-corrected chi connectivity index (χ3v) is 6.67. The van der Waals surface area contributed by atoms with Crippen molar-refractivity contribution in [3.05, 3.63) is 41.2 Å². The minimum absolute atomic E-state index is 0.0533. The van der Waals surface area contributed by atoms with Crippen LogP contribution in [-0.2, 0) is 24.2 Å². The summed E-state index contributed by atoms with van der Waals surface area (Å²) in [5, 5.41) is 14.7. The van der Waals surface area contributed by atoms with Gasteiger partial charge in [-0.25, -0.2) is 13.4 Å². The standard InChI is InChI=1S/C18H20FN3O6S2/c19-15-10-20-18(29-15)21-17(24)16(22-28-13-6-8-27-11-13)12-2-4-14(5-3-12)30(25,26)9-1-7-23/h2-5,10,13,23H,1,6-9,11H2,(H,20,21,24)/t13-/m1/s1. The third kappa shape index (κ3) is 5.81. The minimum atomic E-state index is -3.55. The first-order valence-electron chi connectivity index (χ1n) is 9.07. The maximum Gasteiger partial charge on any atom is 0.280 e. The summed E-state index contributed by atoms with van der Waals surface area (Å²) in [7, 11) is -3.55. The second kappa shape index (κ2) is 10.1. The van der Waals surface area contributed by atoms with Gasteiger partial charge in [-0.3, -0.25) is 10.1 Å². The first-order valence-corrected chi connectivity index (χ1v) is 11.5. The Bertz CT molecular complexity index is 1000. The van der Waals surface area contributed by atoms with E-state index in [9.17, 15) is 17.6 Å². The molecule has 1 atom stereocenters. The number of carbonyl (C=O) groups is 1. The van der Waals surface area contributed by atoms with Gasteiger partial charge in [0.25, 0.3) is 5.91 Å². The number of amides is 1. The lowest BCUT2D eigenvalue weighted by Crippen LogP contribution is -2.25. The SMILES string of the molecule is O=C(Nc1ncc(F)s1)C(=NO[C@@H]1CCOC1)c1ccc(S(=O)(=O)CCCO)cc1. The fraction of sp³-hybridized carbons (Fsp3) is 0.389. The Kier molecular flexibility index (Phi) is 7.48. The van der Waals surface area contributed by atoms with E-state index in [4.69, 9.17) is 14.7 Å². The summed E-state index contributed by atoms with van der Waals surface area (Å²) in [6, 6.07) is 5.57. The number of nitrogens with zero attached hydrogens (tertiary/aromatic N) is 2. The number of rotatable bonds is 9. The van der Waals surface area contributed by atoms with Crippen molar-refractivity contribution < 1.29 is 32.3 Å². The fourth-order valence-corrected chi connectivity index (χ4v) is 4.44. The Hall–Kier alpha value is -2.41. The van der Waals surface area contributed by atoms with Crippen LogP contribution < -0.4 is 5.32 Å². The number of ether oxygens (including phenoxy) is 1. The quantitative estimate of drug-likeness (QED) is 0.432. The second-order valence-electron chi connectivity index (χ2n) is 6.37. The van der Waals surface area contributed by atoms with E-state index < -0.39 is 20.9 Å². The van der Waals surface area contributed by atoms with Gasteiger partial charge in [0.15, 0.2) is 31.9 Å². The molecule has 2 aromatic rings. The number of oxime groups is 1. The van der Waals surface area contributed by atoms with Crippen LogP contribution >= 0.6 is 11.3 Å². The van der Waals surface area contributed by atoms with Crippen molar-refractivity contribution in [2.24, 2.45) is 5.16 Å². The van der Waals surface area contributed by atoms with E-state index in [1.165, 1.54) is 24.3 Å². The Labute approximate surface area is 176 Å². The fourth-order valence-electron chi connectivity index (χ4n) is 2.61. The van der Waals surface area contributed by atoms with E-state index in [1.54, 1.807) is 0 Å². The molecule has 0 bridgehead atoms. The molecule has 1 aliphatic rings. The first-order chi connectivity index (χ1) is 14.4. The number of benzene rings is 1. The van der Waals surface area contributed by atoms with E-state index in [1.807, 2.05) is 0 Å². The van der Waals surface area contributed by atoms with Crippen LogP contribution in [0.25, 0.3) is 0 Å². The van der Waals surface area contributed by atoms with Crippen molar-refractivity contribution in [2.75, 3.05) is 30.9 Å². The largest absolute Gasteiger partial charge is 0.396 e. The molecule has 162 valence electrons. The number of aliphatic hydroxyl groups excluding tert-OH is 1. The van der Waals surface area contributed by atoms with Gasteiger partial charge in [-0.15, -0.1) is 0 Å². The minimum Gasteiger partial charge on any atom is -0.396 e. The molecule has 1 aromatic carbocycles. The molecule has 30 heavy (non-hydrogen) atoms. The van der Waals surface area contributed by atoms with Gasteiger partial charge in [-0.1, -0.05) is 28.6 Å². The van der Waals surface area contributed by atoms with Crippen LogP contribution in [0.4, 0.5) is 9.52 Å². The smallest absolute Gasteiger partial charge is 0.280 e. The molecule has 1 aromatic heterocycles. The molecule has 12 heteroatoms. The van der Waals surface area contributed by atoms with Gasteiger partial charge in [0.2, 0.25) is 0 Å². The average Bonchev–Trinajstić information content (AvgIpc) is 3.39. The van der Waals surface area contributed by atoms with Crippen molar-refractivity contribution in [1.29, 1.82) is 0 Å². The Morgan fingerprint density at radius 2 is 2.17 bits per heavy atom. The highest BCUT2D eigenvalue weighted by Crippen LogP contribution is 2.18. The van der Waals surface area contributed by atoms with Gasteiger partial charge in [0.05, 0.1) is 30.1 Å². The van der Waals surface area contributed by atoms with Crippen LogP contribution in [0.15, 0.2) is 40.5 Å². The molecule has 0 spiro atoms. The van der Waals surface area contributed by atoms with Crippen LogP contribution in [0.1, 0.15) is 18.4 Å². The third-order valence-electron chi connectivity index (χ3n) is 4.15. The van der Waals surface area contributed by atoms with E-state index in [0.717, 1.165) is 6.20 Å². The van der Waals surface area contributed by atoms with Gasteiger partial charge in [0.1, 0.15) is 0 Å². The predicted molar refractivity (Wildman–Crippen MR) is 108 cm³/mol. The number of aromatic nitrogens is 1. The number of hydrogen-bond donors (Lipinski definition) is 2. The van der Waals surface area contributed by atoms with Gasteiger partial charge in [-0.2, -0.15) is 4.39 Å². The summed E-state index contributed by atoms with van der Waals surface area (Å²) in [6.45, 7) is 0.645. The molecule has 1 aliphatic heterocycles. The lowest BCUT2D eigenvalue weighted by atomic mass is 10.1. The number of hydrogen-bond acceptors (Lipinski definition) is 9. The molecule has 0 aliphatic carbocycles. The van der Waals surface area contributed by atoms with Crippen molar-refractivity contribution in [2.45, 2.75) is 23.8 Å². The normalized spacial score (nSPS) is 17.1. The molecular formula is C18H20FN3O6S2. The van der Waals surface area contributed by atoms with Crippen molar-refractivity contribution in [3.63, 3.8) is 0 Å². The van der Waals surface area contributed by atoms with E-state index in [0.29, 0.717) is 36.5 Å². The molecule has 1 saturated heterocycles. The summed E-state index contributed by atoms with van der Waals surface area (Å²) in [5.74, 6) is -0.871. The van der Waals surface area contributed by atoms with E-state index >= 15 is 0 Å². The van der Waals surface area contributed by atoms with E-state index in [-0.39, 0.29) is 40.6 Å². The average molecular weight is 458 g/mol. The summed E-state index contributed by atoms with van der Waals surface area (Å²) in [5.41, 5.74) is 0.196. The van der Waals surface area contributed by atoms with Crippen LogP contribution in [0, 0.1) is 5.13 Å². The Morgan fingerprint density at radius 3 is 2.77 bits per heavy atom. The highest BCUT2D eigenvalue weighted by Gasteiger charge is 2.22. The zero-order valence-electron chi connectivity index (χ0n) is 15.8. The van der Waals surface area contributed by atoms with Crippen LogP contribution in [0.3, 0.4) is 0 Å². The monoisotopic (exact) mass is 457 g/mol. The second-order valence-corrected chi connectivity index (χ2v) is 9.46. The Morgan fingerprint density at radius 1 is 1.40 bits per heavy atom. The van der Waals surface area contributed by atoms with Crippen molar-refractivity contribution in [3.8, 4) is 0 Å². The van der Waals surface area contributed by atoms with Gasteiger partial charge >= 0.3 is 0 Å². The summed E-state index contributed by atoms with van der Waals surface area (Å²) < 4.78 is 42.9. The molecule has 2 heterocycles. The summed E-state index contributed by atoms with van der Waals surface area (Å²) in [4.78, 5) is 21.9. The van der Waals surface area contributed by atoms with Gasteiger partial charge < -0.3 is 14.7 Å². The number of carbonyl (C=O) groups excluding carboxylic acids is 1. The molecule has 2 N–H and O–H groups in total. The molecule has 0 radical (unpaired) electrons. The van der Waals surface area contributed by atoms with E-state index in [2.05, 4.69) is 15.5 Å². The van der Waals surface area contributed by atoms with Crippen LogP contribution in [0.5, 0.6) is 0 Å². The molecule has 1 amide bonds. The topological polar surface area (TPSA) is 127 Å². The number of aliphatic hydroxyl groups is 1. The molecule has 0 unspecified atom stereocenters. The van der Waals surface area contributed by atoms with Gasteiger partial charge in [-0.05, 0) is 18.6 Å². The van der Waals surface area contributed by atoms with Gasteiger partial charge in [0, 0.05) is 18.6 Å². The predicted octanol–water partition coefficient (Wildman–Crippen LogP) is 1.59. The number of halogens is 1. The van der Waals surface area contributed by atoms with Crippen LogP contribution in [0.2, 0.25) is 0 Å². The zero-order chi connectivity index (χ0) is 21.6. The summed E-state index contributed by atoms with van der Waals surface area (Å²) in [6.07, 6.45) is 1.43. The highest BCUT2D eigenvalue weighted by atomic mass is 32.2. The molecule has 1 fully saturated rings. The molecular weight excluding hydrogens is 437 g/mol. The number of anilines is 1. The first kappa shape index (κ1) is 22.3. The number of nitrogens with one attached hydrogen (secondary N) is 1. The Balaban J connectivity index is 1.83. The lowest BCUT2D eigenvalue weighted by molar-refractivity contribution is -0.110. The summed E-state index contributed by atoms with van der Waals surface area (Å²) >= 11 is 0.660. The number of thiazole rings is 1. The maximum atomic E-state index is 13.2. The highest BCUT2D eigenvalue weighted by molar-refractivity contribution is 7.91. The van der Waals surface area contributed by atoms with Crippen molar-refractivity contribution in [1.82, 2.24) is 4.98 Å². The molecule has 3 rings (SSSR count). The molecule has 9 nitrogen and oxygen atoms in total. The number of sulfone groups is 1. The zero-order valence-corrected chi connectivity index (χ0v) is 17.4. The lowest BCUT2D eigenvalue weighted by Gasteiger charge is -2.10.